The Kier molecular flexibility index (Phi) is 2.92. The van der Waals surface area contributed by atoms with E-state index < -0.39 is 5.97 Å². The fourth-order valence-corrected chi connectivity index (χ4v) is 3.07. The predicted molar refractivity (Wildman–Crippen MR) is 63.5 cm³/mol. The molecule has 0 aromatic heterocycles. The van der Waals surface area contributed by atoms with Gasteiger partial charge in [0.05, 0.1) is 5.92 Å². The summed E-state index contributed by atoms with van der Waals surface area (Å²) in [5.41, 5.74) is -0.367. The van der Waals surface area contributed by atoms with Crippen molar-refractivity contribution in [2.24, 2.45) is 11.3 Å². The van der Waals surface area contributed by atoms with E-state index in [0.29, 0.717) is 6.42 Å². The van der Waals surface area contributed by atoms with E-state index in [4.69, 9.17) is 5.11 Å². The second-order valence-electron chi connectivity index (χ2n) is 5.93. The molecule has 0 aromatic carbocycles. The first-order chi connectivity index (χ1) is 7.88. The summed E-state index contributed by atoms with van der Waals surface area (Å²) in [4.78, 5) is 25.5. The lowest BCUT2D eigenvalue weighted by molar-refractivity contribution is -0.145. The summed E-state index contributed by atoms with van der Waals surface area (Å²) in [7, 11) is 0. The summed E-state index contributed by atoms with van der Waals surface area (Å²) < 4.78 is 0. The van der Waals surface area contributed by atoms with Crippen LogP contribution in [-0.2, 0) is 9.59 Å². The van der Waals surface area contributed by atoms with Crippen molar-refractivity contribution >= 4 is 11.9 Å². The fraction of sp³-hybridized carbons (Fsp3) is 0.846. The van der Waals surface area contributed by atoms with Crippen molar-refractivity contribution in [1.29, 1.82) is 0 Å². The van der Waals surface area contributed by atoms with Crippen molar-refractivity contribution in [3.05, 3.63) is 0 Å². The van der Waals surface area contributed by atoms with Gasteiger partial charge in [-0.25, -0.2) is 0 Å². The molecule has 1 N–H and O–H groups in total. The normalized spacial score (nSPS) is 31.9. The van der Waals surface area contributed by atoms with Crippen molar-refractivity contribution in [2.75, 3.05) is 0 Å². The Bertz CT molecular complexity index is 351. The molecule has 3 unspecified atom stereocenters. The van der Waals surface area contributed by atoms with Gasteiger partial charge in [0.25, 0.3) is 0 Å². The van der Waals surface area contributed by atoms with Crippen molar-refractivity contribution in [1.82, 2.24) is 4.90 Å². The molecule has 2 bridgehead atoms. The number of carbonyl (C=O) groups excluding carboxylic acids is 1. The summed E-state index contributed by atoms with van der Waals surface area (Å²) in [6, 6.07) is 0.107. The molecule has 0 aliphatic carbocycles. The van der Waals surface area contributed by atoms with E-state index in [1.54, 1.807) is 0 Å². The van der Waals surface area contributed by atoms with Crippen LogP contribution in [0, 0.1) is 11.3 Å². The maximum absolute atomic E-state index is 12.5. The van der Waals surface area contributed by atoms with E-state index in [0.717, 1.165) is 19.3 Å². The number of amides is 1. The zero-order valence-electron chi connectivity index (χ0n) is 10.8. The molecule has 2 heterocycles. The number of hydrogen-bond acceptors (Lipinski definition) is 2. The molecule has 2 rings (SSSR count). The molecule has 96 valence electrons. The molecule has 0 saturated carbocycles. The largest absolute Gasteiger partial charge is 0.481 e. The van der Waals surface area contributed by atoms with Crippen molar-refractivity contribution in [3.63, 3.8) is 0 Å². The van der Waals surface area contributed by atoms with Gasteiger partial charge in [0.1, 0.15) is 0 Å². The van der Waals surface area contributed by atoms with Crippen LogP contribution in [0.2, 0.25) is 0 Å². The number of carbonyl (C=O) groups is 2. The molecule has 2 saturated heterocycles. The third-order valence-corrected chi connectivity index (χ3v) is 4.55. The highest BCUT2D eigenvalue weighted by Gasteiger charge is 2.53. The van der Waals surface area contributed by atoms with Crippen LogP contribution < -0.4 is 0 Å². The smallest absolute Gasteiger partial charge is 0.308 e. The molecule has 17 heavy (non-hydrogen) atoms. The van der Waals surface area contributed by atoms with Crippen LogP contribution in [0.5, 0.6) is 0 Å². The monoisotopic (exact) mass is 239 g/mol. The molecule has 2 fully saturated rings. The van der Waals surface area contributed by atoms with E-state index in [1.807, 2.05) is 25.7 Å². The third-order valence-electron chi connectivity index (χ3n) is 4.55. The Morgan fingerprint density at radius 1 is 1.35 bits per heavy atom. The van der Waals surface area contributed by atoms with Crippen LogP contribution in [-0.4, -0.2) is 34.0 Å². The van der Waals surface area contributed by atoms with Gasteiger partial charge in [0.15, 0.2) is 0 Å². The number of fused-ring (bicyclic) bond motifs is 2. The second-order valence-corrected chi connectivity index (χ2v) is 5.93. The third kappa shape index (κ3) is 1.83. The highest BCUT2D eigenvalue weighted by molar-refractivity contribution is 5.84. The first-order valence-corrected chi connectivity index (χ1v) is 6.44. The molecule has 2 aliphatic heterocycles. The molecule has 1 amide bonds. The van der Waals surface area contributed by atoms with Crippen molar-refractivity contribution < 1.29 is 14.7 Å². The number of hydrogen-bond donors (Lipinski definition) is 1. The Morgan fingerprint density at radius 2 is 2.00 bits per heavy atom. The maximum Gasteiger partial charge on any atom is 0.308 e. The van der Waals surface area contributed by atoms with Crippen LogP contribution in [0.3, 0.4) is 0 Å². The Labute approximate surface area is 102 Å². The van der Waals surface area contributed by atoms with Gasteiger partial charge in [-0.3, -0.25) is 9.59 Å². The highest BCUT2D eigenvalue weighted by Crippen LogP contribution is 2.44. The minimum atomic E-state index is -0.746. The molecule has 4 nitrogen and oxygen atoms in total. The van der Waals surface area contributed by atoms with Crippen LogP contribution in [0.4, 0.5) is 0 Å². The Hall–Kier alpha value is -1.06. The summed E-state index contributed by atoms with van der Waals surface area (Å²) in [6.45, 7) is 5.90. The number of nitrogens with zero attached hydrogens (tertiary/aromatic N) is 1. The predicted octanol–water partition coefficient (Wildman–Crippen LogP) is 1.89. The van der Waals surface area contributed by atoms with Crippen LogP contribution in [0.25, 0.3) is 0 Å². The standard InChI is InChI=1S/C13H21NO3/c1-4-13(2,3)12(17)14-8-5-6-10(14)9(7-8)11(15)16/h8-10H,4-7H2,1-3H3,(H,15,16). The molecule has 0 aromatic rings. The Morgan fingerprint density at radius 3 is 2.47 bits per heavy atom. The average molecular weight is 239 g/mol. The molecule has 0 spiro atoms. The minimum Gasteiger partial charge on any atom is -0.481 e. The number of carboxylic acids is 1. The van der Waals surface area contributed by atoms with Crippen LogP contribution in [0.1, 0.15) is 46.5 Å². The molecule has 4 heteroatoms. The maximum atomic E-state index is 12.5. The van der Waals surface area contributed by atoms with E-state index in [-0.39, 0.29) is 29.3 Å². The minimum absolute atomic E-state index is 0.0594. The fourth-order valence-electron chi connectivity index (χ4n) is 3.07. The van der Waals surface area contributed by atoms with Gasteiger partial charge in [-0.15, -0.1) is 0 Å². The van der Waals surface area contributed by atoms with E-state index in [1.165, 1.54) is 0 Å². The summed E-state index contributed by atoms with van der Waals surface area (Å²) in [5.74, 6) is -0.953. The molecular formula is C13H21NO3. The summed E-state index contributed by atoms with van der Waals surface area (Å²) >= 11 is 0. The van der Waals surface area contributed by atoms with Gasteiger partial charge in [0, 0.05) is 17.5 Å². The van der Waals surface area contributed by atoms with E-state index in [2.05, 4.69) is 0 Å². The van der Waals surface area contributed by atoms with Crippen molar-refractivity contribution in [3.8, 4) is 0 Å². The molecule has 0 radical (unpaired) electrons. The Balaban J connectivity index is 2.19. The first kappa shape index (κ1) is 12.4. The molecule has 3 atom stereocenters. The summed E-state index contributed by atoms with van der Waals surface area (Å²) in [5, 5.41) is 9.16. The van der Waals surface area contributed by atoms with Gasteiger partial charge >= 0.3 is 5.97 Å². The lowest BCUT2D eigenvalue weighted by atomic mass is 9.88. The van der Waals surface area contributed by atoms with Gasteiger partial charge in [-0.05, 0) is 25.7 Å². The topological polar surface area (TPSA) is 57.6 Å². The van der Waals surface area contributed by atoms with Gasteiger partial charge in [-0.1, -0.05) is 20.8 Å². The van der Waals surface area contributed by atoms with Crippen molar-refractivity contribution in [2.45, 2.75) is 58.5 Å². The van der Waals surface area contributed by atoms with Crippen LogP contribution in [0.15, 0.2) is 0 Å². The first-order valence-electron chi connectivity index (χ1n) is 6.44. The van der Waals surface area contributed by atoms with Gasteiger partial charge < -0.3 is 10.0 Å². The number of carboxylic acid groups (broad SMARTS) is 1. The highest BCUT2D eigenvalue weighted by atomic mass is 16.4. The van der Waals surface area contributed by atoms with E-state index in [9.17, 15) is 9.59 Å². The molecule has 2 aliphatic rings. The van der Waals surface area contributed by atoms with E-state index >= 15 is 0 Å². The lowest BCUT2D eigenvalue weighted by Crippen LogP contribution is -2.44. The second kappa shape index (κ2) is 4.00. The lowest BCUT2D eigenvalue weighted by Gasteiger charge is -2.32. The quantitative estimate of drug-likeness (QED) is 0.818. The van der Waals surface area contributed by atoms with Gasteiger partial charge in [0.2, 0.25) is 5.91 Å². The SMILES string of the molecule is CCC(C)(C)C(=O)N1C2CCC1C(C(=O)O)C2. The average Bonchev–Trinajstić information content (AvgIpc) is 2.84. The number of rotatable bonds is 3. The molecular weight excluding hydrogens is 218 g/mol. The zero-order valence-corrected chi connectivity index (χ0v) is 10.8. The summed E-state index contributed by atoms with van der Waals surface area (Å²) in [6.07, 6.45) is 3.26. The zero-order chi connectivity index (χ0) is 12.8. The van der Waals surface area contributed by atoms with Crippen LogP contribution >= 0.6 is 0 Å². The number of aliphatic carboxylic acids is 1. The van der Waals surface area contributed by atoms with Gasteiger partial charge in [-0.2, -0.15) is 0 Å².